The number of rotatable bonds is 10. The molecule has 0 saturated carbocycles. The van der Waals surface area contributed by atoms with Gasteiger partial charge in [0.25, 0.3) is 0 Å². The van der Waals surface area contributed by atoms with E-state index in [0.717, 1.165) is 11.1 Å². The Balaban J connectivity index is 0.000000239. The standard InChI is InChI=1S/C22H28N6O10.C12H19N3O5.C10H6/c29-7-13-15(31)17(33)19(35)21(37-13)27-5-11(23-25-27)9-1-2-10(4-3-9)12-6-28(26-24-12)22-20(36)18(34)16(32)14(8-30)38-22;1-5-9-6(2)10(18-7(3)16)11(19-8(4)17)12(20-9)14-15-13;1-3-9-5-7-10(4-2)8-6-9/h1-6,13-22,29-36H,7-8H2;6,9-12H,5H2,1-4H3;1-2,5-8H/t13-,14-,15-,16-,17+,18+,19+,20+,21+,22+;6-,9-,10+,11+,12+;/m11./s1. The van der Waals surface area contributed by atoms with Gasteiger partial charge in [-0.05, 0) is 36.2 Å². The SMILES string of the molecule is C#Cc1ccc(C#C)cc1.CC[C@H]1O[C@H](N=[N+]=[N-])[C@@H](OC(C)=O)[C@@H](OC(C)=O)[C@@H]1C.OC[C@H]1O[C@H](n2cc(-c3ccc(-c4cn([C@H]5O[C@H](CO)[C@@H](O)[C@H](O)[C@@H]5O)nn4)cc3)nn2)[C@@H](O)[C@@H](O)[C@@H]1O. The predicted octanol–water partition coefficient (Wildman–Crippen LogP) is -0.271. The first-order valence-corrected chi connectivity index (χ1v) is 21.1. The predicted molar refractivity (Wildman–Crippen MR) is 233 cm³/mol. The molecule has 68 heavy (non-hydrogen) atoms. The molecule has 5 heterocycles. The Morgan fingerprint density at radius 2 is 1.10 bits per heavy atom. The smallest absolute Gasteiger partial charge is 0.303 e. The Labute approximate surface area is 389 Å². The number of azide groups is 1. The molecule has 0 bridgehead atoms. The van der Waals surface area contributed by atoms with Gasteiger partial charge >= 0.3 is 11.9 Å². The van der Waals surface area contributed by atoms with Crippen molar-refractivity contribution in [1.82, 2.24) is 30.0 Å². The molecular formula is C44H53N9O15. The molecule has 8 N–H and O–H groups in total. The van der Waals surface area contributed by atoms with Crippen LogP contribution >= 0.6 is 0 Å². The third-order valence-corrected chi connectivity index (χ3v) is 11.2. The number of aromatic nitrogens is 6. The maximum atomic E-state index is 11.2. The summed E-state index contributed by atoms with van der Waals surface area (Å²) in [5, 5.41) is 98.9. The number of aliphatic hydroxyl groups is 8. The summed E-state index contributed by atoms with van der Waals surface area (Å²) >= 11 is 0. The van der Waals surface area contributed by atoms with Crippen molar-refractivity contribution in [2.45, 2.75) is 120 Å². The molecule has 364 valence electrons. The van der Waals surface area contributed by atoms with Crippen LogP contribution in [0, 0.1) is 30.6 Å². The average Bonchev–Trinajstić information content (AvgIpc) is 4.04. The Bertz CT molecular complexity index is 2290. The summed E-state index contributed by atoms with van der Waals surface area (Å²) in [6, 6.07) is 14.2. The highest BCUT2D eigenvalue weighted by molar-refractivity contribution is 5.68. The van der Waals surface area contributed by atoms with E-state index in [0.29, 0.717) is 28.9 Å². The highest BCUT2D eigenvalue weighted by atomic mass is 16.6. The fourth-order valence-electron chi connectivity index (χ4n) is 7.49. The summed E-state index contributed by atoms with van der Waals surface area (Å²) in [7, 11) is 0. The van der Waals surface area contributed by atoms with E-state index in [-0.39, 0.29) is 12.0 Å². The molecular weight excluding hydrogens is 895 g/mol. The molecule has 3 saturated heterocycles. The van der Waals surface area contributed by atoms with Crippen LogP contribution in [0.1, 0.15) is 57.7 Å². The summed E-state index contributed by atoms with van der Waals surface area (Å²) in [6.45, 7) is 5.12. The van der Waals surface area contributed by atoms with Gasteiger partial charge in [0, 0.05) is 46.9 Å². The molecule has 15 atom stereocenters. The molecule has 0 amide bonds. The van der Waals surface area contributed by atoms with E-state index in [1.807, 2.05) is 38.1 Å². The summed E-state index contributed by atoms with van der Waals surface area (Å²) in [4.78, 5) is 25.1. The summed E-state index contributed by atoms with van der Waals surface area (Å²) in [5.74, 6) is 3.79. The molecule has 24 nitrogen and oxygen atoms in total. The number of carbonyl (C=O) groups excluding carboxylic acids is 2. The van der Waals surface area contributed by atoms with Crippen molar-refractivity contribution in [2.75, 3.05) is 13.2 Å². The molecule has 24 heteroatoms. The number of nitrogens with zero attached hydrogens (tertiary/aromatic N) is 9. The third-order valence-electron chi connectivity index (χ3n) is 11.2. The zero-order valence-electron chi connectivity index (χ0n) is 37.2. The molecule has 2 aromatic carbocycles. The topological polar surface area (TPSA) is 352 Å². The quantitative estimate of drug-likeness (QED) is 0.0333. The minimum absolute atomic E-state index is 0.182. The van der Waals surface area contributed by atoms with Gasteiger partial charge in [0.05, 0.1) is 31.7 Å². The molecule has 3 aliphatic rings. The number of esters is 2. The van der Waals surface area contributed by atoms with Gasteiger partial charge in [0.15, 0.2) is 24.8 Å². The monoisotopic (exact) mass is 947 g/mol. The van der Waals surface area contributed by atoms with Gasteiger partial charge in [0.2, 0.25) is 0 Å². The van der Waals surface area contributed by atoms with Crippen LogP contribution in [-0.2, 0) is 33.3 Å². The largest absolute Gasteiger partial charge is 0.458 e. The van der Waals surface area contributed by atoms with Crippen LogP contribution in [0.2, 0.25) is 0 Å². The van der Waals surface area contributed by atoms with E-state index >= 15 is 0 Å². The first-order chi connectivity index (χ1) is 32.5. The number of terminal acetylenes is 2. The molecule has 4 aromatic rings. The van der Waals surface area contributed by atoms with Crippen LogP contribution in [0.4, 0.5) is 0 Å². The van der Waals surface area contributed by atoms with Gasteiger partial charge in [0.1, 0.15) is 66.3 Å². The molecule has 7 rings (SSSR count). The number of hydrogen-bond donors (Lipinski definition) is 8. The van der Waals surface area contributed by atoms with Crippen molar-refractivity contribution in [1.29, 1.82) is 0 Å². The lowest BCUT2D eigenvalue weighted by atomic mass is 9.88. The Hall–Kier alpha value is -6.35. The highest BCUT2D eigenvalue weighted by Gasteiger charge is 2.48. The van der Waals surface area contributed by atoms with Gasteiger partial charge < -0.3 is 64.5 Å². The fraction of sp³-hybridized carbons (Fsp3) is 0.500. The average molecular weight is 948 g/mol. The first kappa shape index (κ1) is 52.6. The molecule has 0 unspecified atom stereocenters. The van der Waals surface area contributed by atoms with Crippen LogP contribution in [0.15, 0.2) is 66.0 Å². The van der Waals surface area contributed by atoms with E-state index in [4.69, 9.17) is 42.1 Å². The zero-order valence-corrected chi connectivity index (χ0v) is 37.2. The second-order valence-corrected chi connectivity index (χ2v) is 15.7. The molecule has 3 aliphatic heterocycles. The van der Waals surface area contributed by atoms with Crippen molar-refractivity contribution in [2.24, 2.45) is 11.0 Å². The second-order valence-electron chi connectivity index (χ2n) is 15.7. The van der Waals surface area contributed by atoms with E-state index in [1.165, 1.54) is 35.6 Å². The minimum Gasteiger partial charge on any atom is -0.458 e. The summed E-state index contributed by atoms with van der Waals surface area (Å²) < 4.78 is 29.4. The molecule has 0 aliphatic carbocycles. The van der Waals surface area contributed by atoms with Crippen molar-refractivity contribution < 1.29 is 74.1 Å². The van der Waals surface area contributed by atoms with Gasteiger partial charge in [-0.1, -0.05) is 65.5 Å². The minimum atomic E-state index is -1.55. The first-order valence-electron chi connectivity index (χ1n) is 21.1. The van der Waals surface area contributed by atoms with Crippen molar-refractivity contribution in [3.63, 3.8) is 0 Å². The maximum Gasteiger partial charge on any atom is 0.303 e. The lowest BCUT2D eigenvalue weighted by molar-refractivity contribution is -0.254. The van der Waals surface area contributed by atoms with Crippen molar-refractivity contribution in [3.8, 4) is 47.2 Å². The van der Waals surface area contributed by atoms with Gasteiger partial charge in [-0.15, -0.1) is 23.0 Å². The van der Waals surface area contributed by atoms with Crippen LogP contribution in [0.25, 0.3) is 33.0 Å². The summed E-state index contributed by atoms with van der Waals surface area (Å²) in [5.41, 5.74) is 12.4. The maximum absolute atomic E-state index is 11.2. The molecule has 0 radical (unpaired) electrons. The van der Waals surface area contributed by atoms with E-state index in [1.54, 1.807) is 24.3 Å². The van der Waals surface area contributed by atoms with E-state index in [2.05, 4.69) is 42.5 Å². The lowest BCUT2D eigenvalue weighted by Crippen LogP contribution is -2.56. The van der Waals surface area contributed by atoms with Crippen LogP contribution < -0.4 is 0 Å². The van der Waals surface area contributed by atoms with Crippen molar-refractivity contribution in [3.05, 3.63) is 82.5 Å². The Morgan fingerprint density at radius 3 is 1.46 bits per heavy atom. The number of ether oxygens (including phenoxy) is 5. The molecule has 0 spiro atoms. The normalized spacial score (nSPS) is 30.9. The molecule has 3 fully saturated rings. The van der Waals surface area contributed by atoms with Gasteiger partial charge in [-0.2, -0.15) is 0 Å². The number of aliphatic hydroxyl groups excluding tert-OH is 8. The third kappa shape index (κ3) is 12.4. The zero-order chi connectivity index (χ0) is 49.8. The van der Waals surface area contributed by atoms with Gasteiger partial charge in [-0.25, -0.2) is 9.36 Å². The van der Waals surface area contributed by atoms with Gasteiger partial charge in [-0.3, -0.25) is 9.59 Å². The second kappa shape index (κ2) is 24.1. The van der Waals surface area contributed by atoms with Crippen LogP contribution in [0.5, 0.6) is 0 Å². The fourth-order valence-corrected chi connectivity index (χ4v) is 7.49. The molecule has 2 aromatic heterocycles. The Morgan fingerprint density at radius 1 is 0.691 bits per heavy atom. The number of carbonyl (C=O) groups is 2. The van der Waals surface area contributed by atoms with E-state index in [9.17, 15) is 50.4 Å². The van der Waals surface area contributed by atoms with Crippen LogP contribution in [0.3, 0.4) is 0 Å². The van der Waals surface area contributed by atoms with Crippen molar-refractivity contribution >= 4 is 11.9 Å². The summed E-state index contributed by atoms with van der Waals surface area (Å²) in [6.07, 6.45) is -2.59. The number of hydrogen-bond acceptors (Lipinski definition) is 20. The van der Waals surface area contributed by atoms with E-state index < -0.39 is 105 Å². The lowest BCUT2D eigenvalue weighted by Gasteiger charge is -2.42. The number of benzene rings is 2. The highest BCUT2D eigenvalue weighted by Crippen LogP contribution is 2.34. The Kier molecular flexibility index (Phi) is 18.6. The van der Waals surface area contributed by atoms with Crippen LogP contribution in [-0.4, -0.2) is 169 Å².